The third kappa shape index (κ3) is 5.67. The molecular weight excluding hydrogens is 558 g/mol. The normalized spacial score (nSPS) is 18.0. The molecule has 7 aromatic rings. The molecule has 0 bridgehead atoms. The van der Waals surface area contributed by atoms with E-state index >= 15 is 0 Å². The molecule has 0 fully saturated rings. The van der Waals surface area contributed by atoms with E-state index in [9.17, 15) is 0 Å². The van der Waals surface area contributed by atoms with E-state index in [1.54, 1.807) is 18.3 Å². The van der Waals surface area contributed by atoms with E-state index in [-0.39, 0.29) is 23.7 Å². The maximum atomic E-state index is 8.54. The molecule has 2 atom stereocenters. The van der Waals surface area contributed by atoms with Gasteiger partial charge in [0.05, 0.1) is 15.5 Å². The Morgan fingerprint density at radius 2 is 1.13 bits per heavy atom. The number of rotatable bonds is 6. The van der Waals surface area contributed by atoms with E-state index in [0.29, 0.717) is 17.1 Å². The molecule has 1 aliphatic rings. The molecule has 0 amide bonds. The highest BCUT2D eigenvalue weighted by molar-refractivity contribution is 5.87. The van der Waals surface area contributed by atoms with Crippen molar-refractivity contribution in [3.63, 3.8) is 0 Å². The number of aromatic nitrogens is 3. The lowest BCUT2D eigenvalue weighted by Crippen LogP contribution is -1.96. The van der Waals surface area contributed by atoms with Crippen molar-refractivity contribution in [1.82, 2.24) is 15.0 Å². The van der Waals surface area contributed by atoms with E-state index in [1.165, 1.54) is 10.8 Å². The first-order valence-electron chi connectivity index (χ1n) is 17.8. The molecule has 3 heteroatoms. The fraction of sp³-hybridized carbons (Fsp3) is 0.0465. The first-order chi connectivity index (χ1) is 24.8. The highest BCUT2D eigenvalue weighted by Crippen LogP contribution is 2.32. The molecule has 0 radical (unpaired) electrons. The number of pyridine rings is 1. The molecule has 3 nitrogen and oxygen atoms in total. The van der Waals surface area contributed by atoms with Gasteiger partial charge in [0, 0.05) is 31.8 Å². The number of hydrogen-bond acceptors (Lipinski definition) is 3. The summed E-state index contributed by atoms with van der Waals surface area (Å²) in [7, 11) is 0. The summed E-state index contributed by atoms with van der Waals surface area (Å²) in [6.07, 6.45) is 1.28. The molecule has 2 heterocycles. The summed E-state index contributed by atoms with van der Waals surface area (Å²) in [6, 6.07) is 43.8. The Kier molecular flexibility index (Phi) is 5.99. The Morgan fingerprint density at radius 1 is 0.522 bits per heavy atom. The average molecular weight is 595 g/mol. The van der Waals surface area contributed by atoms with Crippen molar-refractivity contribution in [2.24, 2.45) is 0 Å². The quantitative estimate of drug-likeness (QED) is 0.192. The first kappa shape index (κ1) is 22.6. The van der Waals surface area contributed by atoms with Crippen LogP contribution in [0.3, 0.4) is 0 Å². The van der Waals surface area contributed by atoms with Gasteiger partial charge in [-0.2, -0.15) is 0 Å². The van der Waals surface area contributed by atoms with Crippen molar-refractivity contribution >= 4 is 16.3 Å². The Labute approximate surface area is 276 Å². The van der Waals surface area contributed by atoms with Crippen LogP contribution in [0.2, 0.25) is 0 Å². The minimum Gasteiger partial charge on any atom is -0.264 e. The number of allylic oxidation sites excluding steroid dienone is 4. The summed E-state index contributed by atoms with van der Waals surface area (Å²) in [5, 5.41) is 2.39. The maximum absolute atomic E-state index is 8.54. The lowest BCUT2D eigenvalue weighted by Gasteiger charge is -2.12. The van der Waals surface area contributed by atoms with Crippen LogP contribution in [0.15, 0.2) is 164 Å². The predicted octanol–water partition coefficient (Wildman–Crippen LogP) is 11.1. The van der Waals surface area contributed by atoms with Crippen LogP contribution in [0, 0.1) is 0 Å². The Balaban J connectivity index is 1.18. The molecule has 5 aromatic carbocycles. The second-order valence-corrected chi connectivity index (χ2v) is 11.1. The van der Waals surface area contributed by atoms with Gasteiger partial charge in [-0.05, 0) is 75.2 Å². The van der Waals surface area contributed by atoms with Crippen molar-refractivity contribution in [1.29, 1.82) is 0 Å². The minimum absolute atomic E-state index is 0.176. The SMILES string of the molecule is [2H]C1=C([2H])C([2H])C([2H])C(c2ccc(-c3cc(-c4ccc(-c5cccnc5)cc4)nc(-c4ccc(-c5ccc6ccccc6c5)cc4)n3)cc2)=C1[2H]. The van der Waals surface area contributed by atoms with Crippen molar-refractivity contribution < 1.29 is 6.85 Å². The van der Waals surface area contributed by atoms with Crippen LogP contribution < -0.4 is 0 Å². The molecule has 0 spiro atoms. The molecule has 0 aliphatic heterocycles. The van der Waals surface area contributed by atoms with Gasteiger partial charge in [-0.15, -0.1) is 0 Å². The van der Waals surface area contributed by atoms with Crippen LogP contribution in [-0.2, 0) is 0 Å². The zero-order valence-corrected chi connectivity index (χ0v) is 24.9. The average Bonchev–Trinajstić information content (AvgIpc) is 3.20. The predicted molar refractivity (Wildman–Crippen MR) is 191 cm³/mol. The summed E-state index contributed by atoms with van der Waals surface area (Å²) in [5.41, 5.74) is 9.27. The van der Waals surface area contributed by atoms with Crippen LogP contribution in [0.5, 0.6) is 0 Å². The number of benzene rings is 5. The smallest absolute Gasteiger partial charge is 0.160 e. The van der Waals surface area contributed by atoms with Gasteiger partial charge in [0.25, 0.3) is 0 Å². The maximum Gasteiger partial charge on any atom is 0.160 e. The van der Waals surface area contributed by atoms with Crippen LogP contribution in [0.1, 0.15) is 25.2 Å². The van der Waals surface area contributed by atoms with E-state index < -0.39 is 12.8 Å². The highest BCUT2D eigenvalue weighted by Gasteiger charge is 2.13. The number of nitrogens with zero attached hydrogens (tertiary/aromatic N) is 3. The van der Waals surface area contributed by atoms with Crippen molar-refractivity contribution in [2.45, 2.75) is 12.8 Å². The summed E-state index contributed by atoms with van der Waals surface area (Å²) < 4.78 is 41.4. The van der Waals surface area contributed by atoms with Gasteiger partial charge in [-0.3, -0.25) is 4.98 Å². The standard InChI is InChI=1S/C43H31N3/c1-2-7-30(8-3-1)32-12-19-35(20-13-32)41-28-42(36-21-14-34(15-22-36)40-11-6-26-44-29-40)46-43(45-41)37-23-16-33(17-24-37)39-25-18-31-9-4-5-10-38(31)27-39/h1-2,4-7,9-29H,3,8H2/i1D,2D,3D,7D,8D. The number of fused-ring (bicyclic) bond motifs is 1. The number of hydrogen-bond donors (Lipinski definition) is 0. The molecule has 0 saturated carbocycles. The van der Waals surface area contributed by atoms with Gasteiger partial charge in [0.2, 0.25) is 0 Å². The second-order valence-electron chi connectivity index (χ2n) is 11.1. The lowest BCUT2D eigenvalue weighted by atomic mass is 9.96. The van der Waals surface area contributed by atoms with Crippen LogP contribution in [0.4, 0.5) is 0 Å². The summed E-state index contributed by atoms with van der Waals surface area (Å²) in [5.74, 6) is 0.576. The van der Waals surface area contributed by atoms with Crippen LogP contribution >= 0.6 is 0 Å². The molecule has 2 unspecified atom stereocenters. The Morgan fingerprint density at radius 3 is 1.83 bits per heavy atom. The molecule has 218 valence electrons. The summed E-state index contributed by atoms with van der Waals surface area (Å²) in [6.45, 7) is 0. The van der Waals surface area contributed by atoms with Crippen molar-refractivity contribution in [3.05, 3.63) is 170 Å². The van der Waals surface area contributed by atoms with Crippen LogP contribution in [-0.4, -0.2) is 15.0 Å². The van der Waals surface area contributed by atoms with Gasteiger partial charge in [-0.1, -0.05) is 133 Å². The zero-order chi connectivity index (χ0) is 35.1. The Hall–Kier alpha value is -5.93. The molecular formula is C43H31N3. The van der Waals surface area contributed by atoms with Crippen LogP contribution in [0.25, 0.3) is 72.5 Å². The first-order valence-corrected chi connectivity index (χ1v) is 15.2. The van der Waals surface area contributed by atoms with Gasteiger partial charge in [-0.25, -0.2) is 9.97 Å². The van der Waals surface area contributed by atoms with E-state index in [4.69, 9.17) is 16.8 Å². The molecule has 0 saturated heterocycles. The monoisotopic (exact) mass is 594 g/mol. The molecule has 8 rings (SSSR count). The fourth-order valence-electron chi connectivity index (χ4n) is 5.72. The fourth-order valence-corrected chi connectivity index (χ4v) is 5.72. The molecule has 1 aliphatic carbocycles. The Bertz CT molecular complexity index is 2460. The second kappa shape index (κ2) is 12.2. The highest BCUT2D eigenvalue weighted by atomic mass is 14.9. The third-order valence-corrected chi connectivity index (χ3v) is 8.22. The van der Waals surface area contributed by atoms with Gasteiger partial charge >= 0.3 is 0 Å². The van der Waals surface area contributed by atoms with Crippen molar-refractivity contribution in [3.8, 4) is 56.2 Å². The van der Waals surface area contributed by atoms with E-state index in [2.05, 4.69) is 65.6 Å². The zero-order valence-electron chi connectivity index (χ0n) is 29.9. The molecule has 2 aromatic heterocycles. The van der Waals surface area contributed by atoms with E-state index in [0.717, 1.165) is 44.6 Å². The molecule has 46 heavy (non-hydrogen) atoms. The van der Waals surface area contributed by atoms with Crippen molar-refractivity contribution in [2.75, 3.05) is 0 Å². The largest absolute Gasteiger partial charge is 0.264 e. The molecule has 0 N–H and O–H groups in total. The van der Waals surface area contributed by atoms with Gasteiger partial charge in [0.15, 0.2) is 5.82 Å². The van der Waals surface area contributed by atoms with Gasteiger partial charge < -0.3 is 0 Å². The van der Waals surface area contributed by atoms with E-state index in [1.807, 2.05) is 66.9 Å². The third-order valence-electron chi connectivity index (χ3n) is 8.22. The minimum atomic E-state index is -1.20. The summed E-state index contributed by atoms with van der Waals surface area (Å²) in [4.78, 5) is 14.3. The topological polar surface area (TPSA) is 38.7 Å². The summed E-state index contributed by atoms with van der Waals surface area (Å²) >= 11 is 0. The lowest BCUT2D eigenvalue weighted by molar-refractivity contribution is 1.05. The van der Waals surface area contributed by atoms with Gasteiger partial charge in [0.1, 0.15) is 0 Å².